The predicted octanol–water partition coefficient (Wildman–Crippen LogP) is 3.44. The molecule has 0 fully saturated rings. The number of carbonyl (C=O) groups is 2. The first-order chi connectivity index (χ1) is 12.3. The van der Waals surface area contributed by atoms with Gasteiger partial charge in [0.1, 0.15) is 0 Å². The van der Waals surface area contributed by atoms with E-state index >= 15 is 0 Å². The largest absolute Gasteiger partial charge is 0.474 e. The lowest BCUT2D eigenvalue weighted by atomic mass is 10.2. The van der Waals surface area contributed by atoms with Crippen LogP contribution in [0.2, 0.25) is 5.02 Å². The summed E-state index contributed by atoms with van der Waals surface area (Å²) in [5.41, 5.74) is 0.0641. The van der Waals surface area contributed by atoms with Crippen LogP contribution in [-0.4, -0.2) is 30.0 Å². The average molecular weight is 379 g/mol. The van der Waals surface area contributed by atoms with Crippen LogP contribution in [0.4, 0.5) is 11.4 Å². The highest BCUT2D eigenvalue weighted by atomic mass is 35.5. The second kappa shape index (κ2) is 8.30. The number of nitrogens with one attached hydrogen (secondary N) is 1. The van der Waals surface area contributed by atoms with E-state index in [1.165, 1.54) is 26.2 Å². The Hall–Kier alpha value is -3.13. The first-order valence-corrected chi connectivity index (χ1v) is 7.79. The molecule has 2 rings (SSSR count). The molecule has 0 aliphatic carbocycles. The van der Waals surface area contributed by atoms with Crippen molar-refractivity contribution in [3.8, 4) is 5.75 Å². The molecule has 26 heavy (non-hydrogen) atoms. The minimum atomic E-state index is -1.02. The van der Waals surface area contributed by atoms with Gasteiger partial charge in [0.25, 0.3) is 5.91 Å². The highest BCUT2D eigenvalue weighted by molar-refractivity contribution is 6.30. The van der Waals surface area contributed by atoms with Gasteiger partial charge in [0, 0.05) is 16.8 Å². The van der Waals surface area contributed by atoms with Crippen molar-refractivity contribution >= 4 is 34.9 Å². The molecule has 2 aromatic carbocycles. The normalized spacial score (nSPS) is 11.3. The van der Waals surface area contributed by atoms with Crippen LogP contribution >= 0.6 is 11.6 Å². The van der Waals surface area contributed by atoms with Crippen molar-refractivity contribution in [2.24, 2.45) is 0 Å². The molecule has 0 spiro atoms. The number of methoxy groups -OCH3 is 1. The number of hydrogen-bond donors (Lipinski definition) is 1. The number of esters is 1. The van der Waals surface area contributed by atoms with Gasteiger partial charge in [0.05, 0.1) is 17.6 Å². The summed E-state index contributed by atoms with van der Waals surface area (Å²) in [6.07, 6.45) is -1.02. The van der Waals surface area contributed by atoms with Gasteiger partial charge in [-0.2, -0.15) is 0 Å². The van der Waals surface area contributed by atoms with Crippen LogP contribution in [0.3, 0.4) is 0 Å². The Bertz CT molecular complexity index is 838. The molecule has 8 nitrogen and oxygen atoms in total. The smallest absolute Gasteiger partial charge is 0.338 e. The molecule has 1 atom stereocenters. The fourth-order valence-electron chi connectivity index (χ4n) is 2.03. The minimum absolute atomic E-state index is 0.00446. The van der Waals surface area contributed by atoms with Crippen LogP contribution in [0.5, 0.6) is 5.75 Å². The maximum absolute atomic E-state index is 12.2. The van der Waals surface area contributed by atoms with Gasteiger partial charge in [-0.05, 0) is 43.3 Å². The number of halogens is 1. The van der Waals surface area contributed by atoms with Crippen molar-refractivity contribution < 1.29 is 24.0 Å². The van der Waals surface area contributed by atoms with E-state index in [-0.39, 0.29) is 11.3 Å². The summed E-state index contributed by atoms with van der Waals surface area (Å²) < 4.78 is 9.93. The van der Waals surface area contributed by atoms with E-state index in [0.717, 1.165) is 6.07 Å². The van der Waals surface area contributed by atoms with Crippen molar-refractivity contribution in [3.63, 3.8) is 0 Å². The van der Waals surface area contributed by atoms with Gasteiger partial charge in [-0.1, -0.05) is 11.6 Å². The Morgan fingerprint density at radius 1 is 1.19 bits per heavy atom. The predicted molar refractivity (Wildman–Crippen MR) is 94.6 cm³/mol. The second-order valence-electron chi connectivity index (χ2n) is 5.19. The van der Waals surface area contributed by atoms with E-state index in [9.17, 15) is 19.7 Å². The summed E-state index contributed by atoms with van der Waals surface area (Å²) in [4.78, 5) is 34.2. The number of carbonyl (C=O) groups excluding carboxylic acids is 2. The van der Waals surface area contributed by atoms with Crippen LogP contribution in [-0.2, 0) is 9.53 Å². The van der Waals surface area contributed by atoms with E-state index in [2.05, 4.69) is 10.1 Å². The highest BCUT2D eigenvalue weighted by Gasteiger charge is 2.23. The third kappa shape index (κ3) is 4.70. The molecular formula is C17H15ClN2O6. The number of benzene rings is 2. The molecule has 0 saturated carbocycles. The Morgan fingerprint density at radius 2 is 1.85 bits per heavy atom. The lowest BCUT2D eigenvalue weighted by molar-refractivity contribution is -0.386. The van der Waals surface area contributed by atoms with E-state index in [1.54, 1.807) is 24.3 Å². The van der Waals surface area contributed by atoms with Crippen molar-refractivity contribution in [3.05, 3.63) is 63.2 Å². The van der Waals surface area contributed by atoms with E-state index in [4.69, 9.17) is 16.3 Å². The zero-order chi connectivity index (χ0) is 19.3. The second-order valence-corrected chi connectivity index (χ2v) is 5.62. The topological polar surface area (TPSA) is 108 Å². The molecule has 1 N–H and O–H groups in total. The molecular weight excluding hydrogens is 364 g/mol. The SMILES string of the molecule is COC(=O)c1ccc(O[C@@H](C)C(=O)Nc2ccc(Cl)cc2)c([N+](=O)[O-])c1. The molecule has 0 aliphatic rings. The summed E-state index contributed by atoms with van der Waals surface area (Å²) in [5.74, 6) is -1.35. The molecule has 0 saturated heterocycles. The van der Waals surface area contributed by atoms with E-state index in [0.29, 0.717) is 10.7 Å². The van der Waals surface area contributed by atoms with Gasteiger partial charge >= 0.3 is 11.7 Å². The lowest BCUT2D eigenvalue weighted by Crippen LogP contribution is -2.30. The number of nitro benzene ring substituents is 1. The summed E-state index contributed by atoms with van der Waals surface area (Å²) in [5, 5.41) is 14.4. The fourth-order valence-corrected chi connectivity index (χ4v) is 2.15. The quantitative estimate of drug-likeness (QED) is 0.468. The molecule has 0 unspecified atom stereocenters. The minimum Gasteiger partial charge on any atom is -0.474 e. The fraction of sp³-hybridized carbons (Fsp3) is 0.176. The third-order valence-electron chi connectivity index (χ3n) is 3.36. The lowest BCUT2D eigenvalue weighted by Gasteiger charge is -2.15. The molecule has 0 heterocycles. The van der Waals surface area contributed by atoms with E-state index < -0.39 is 28.6 Å². The number of amides is 1. The van der Waals surface area contributed by atoms with Crippen molar-refractivity contribution in [1.82, 2.24) is 0 Å². The molecule has 9 heteroatoms. The Balaban J connectivity index is 2.15. The van der Waals surface area contributed by atoms with Crippen molar-refractivity contribution in [2.45, 2.75) is 13.0 Å². The molecule has 0 radical (unpaired) electrons. The number of nitro groups is 1. The molecule has 136 valence electrons. The zero-order valence-corrected chi connectivity index (χ0v) is 14.6. The molecule has 2 aromatic rings. The van der Waals surface area contributed by atoms with E-state index in [1.807, 2.05) is 0 Å². The van der Waals surface area contributed by atoms with Gasteiger partial charge in [-0.25, -0.2) is 4.79 Å². The average Bonchev–Trinajstić information content (AvgIpc) is 2.62. The van der Waals surface area contributed by atoms with Crippen LogP contribution in [0.1, 0.15) is 17.3 Å². The number of rotatable bonds is 6. The Morgan fingerprint density at radius 3 is 2.42 bits per heavy atom. The number of ether oxygens (including phenoxy) is 2. The first-order valence-electron chi connectivity index (χ1n) is 7.41. The standard InChI is InChI=1S/C17H15ClN2O6/c1-10(16(21)19-13-6-4-12(18)5-7-13)26-15-8-3-11(17(22)25-2)9-14(15)20(23)24/h3-10H,1-2H3,(H,19,21)/t10-/m0/s1. The maximum Gasteiger partial charge on any atom is 0.338 e. The van der Waals surface area contributed by atoms with Crippen LogP contribution < -0.4 is 10.1 Å². The highest BCUT2D eigenvalue weighted by Crippen LogP contribution is 2.29. The Kier molecular flexibility index (Phi) is 6.13. The molecule has 0 aliphatic heterocycles. The number of hydrogen-bond acceptors (Lipinski definition) is 6. The monoisotopic (exact) mass is 378 g/mol. The van der Waals surface area contributed by atoms with Crippen LogP contribution in [0, 0.1) is 10.1 Å². The van der Waals surface area contributed by atoms with Crippen LogP contribution in [0.25, 0.3) is 0 Å². The Labute approximate surface area is 153 Å². The van der Waals surface area contributed by atoms with Gasteiger partial charge < -0.3 is 14.8 Å². The van der Waals surface area contributed by atoms with Crippen molar-refractivity contribution in [1.29, 1.82) is 0 Å². The molecule has 0 aromatic heterocycles. The van der Waals surface area contributed by atoms with Gasteiger partial charge in [-0.3, -0.25) is 14.9 Å². The summed E-state index contributed by atoms with van der Waals surface area (Å²) in [7, 11) is 1.17. The summed E-state index contributed by atoms with van der Waals surface area (Å²) in [6, 6.07) is 10.0. The maximum atomic E-state index is 12.2. The number of nitrogens with zero attached hydrogens (tertiary/aromatic N) is 1. The number of anilines is 1. The third-order valence-corrected chi connectivity index (χ3v) is 3.61. The zero-order valence-electron chi connectivity index (χ0n) is 13.9. The summed E-state index contributed by atoms with van der Waals surface area (Å²) in [6.45, 7) is 1.45. The summed E-state index contributed by atoms with van der Waals surface area (Å²) >= 11 is 5.78. The van der Waals surface area contributed by atoms with Gasteiger partial charge in [0.15, 0.2) is 11.9 Å². The van der Waals surface area contributed by atoms with Crippen LogP contribution in [0.15, 0.2) is 42.5 Å². The molecule has 0 bridgehead atoms. The van der Waals surface area contributed by atoms with Crippen molar-refractivity contribution in [2.75, 3.05) is 12.4 Å². The van der Waals surface area contributed by atoms with Gasteiger partial charge in [-0.15, -0.1) is 0 Å². The molecule has 1 amide bonds. The van der Waals surface area contributed by atoms with Gasteiger partial charge in [0.2, 0.25) is 0 Å². The first kappa shape index (κ1) is 19.2.